The summed E-state index contributed by atoms with van der Waals surface area (Å²) in [7, 11) is 0. The molecule has 0 radical (unpaired) electrons. The second kappa shape index (κ2) is 7.95. The summed E-state index contributed by atoms with van der Waals surface area (Å²) in [6.45, 7) is 2.08. The van der Waals surface area contributed by atoms with Gasteiger partial charge in [0.15, 0.2) is 0 Å². The quantitative estimate of drug-likeness (QED) is 0.548. The lowest BCUT2D eigenvalue weighted by molar-refractivity contribution is 0.254. The number of carbonyl (C=O) groups is 1. The Hall–Kier alpha value is -2.98. The molecule has 0 spiro atoms. The molecule has 0 aromatic heterocycles. The topological polar surface area (TPSA) is 44.4 Å². The molecule has 0 aliphatic carbocycles. The molecule has 1 aliphatic heterocycles. The van der Waals surface area contributed by atoms with Gasteiger partial charge >= 0.3 is 6.03 Å². The van der Waals surface area contributed by atoms with Gasteiger partial charge in [-0.15, -0.1) is 0 Å². The van der Waals surface area contributed by atoms with Gasteiger partial charge in [0.2, 0.25) is 0 Å². The van der Waals surface area contributed by atoms with Crippen molar-refractivity contribution in [3.63, 3.8) is 0 Å². The third-order valence-electron chi connectivity index (χ3n) is 5.00. The zero-order chi connectivity index (χ0) is 19.5. The molecule has 1 aliphatic rings. The van der Waals surface area contributed by atoms with E-state index in [0.29, 0.717) is 10.7 Å². The van der Waals surface area contributed by atoms with Crippen LogP contribution in [0.5, 0.6) is 0 Å². The number of rotatable bonds is 3. The summed E-state index contributed by atoms with van der Waals surface area (Å²) in [5.41, 5.74) is 3.80. The number of hydrogen-bond acceptors (Lipinski definition) is 2. The van der Waals surface area contributed by atoms with Gasteiger partial charge < -0.3 is 10.6 Å². The van der Waals surface area contributed by atoms with Gasteiger partial charge in [0.25, 0.3) is 0 Å². The van der Waals surface area contributed by atoms with Crippen LogP contribution < -0.4 is 15.5 Å². The molecule has 0 saturated heterocycles. The summed E-state index contributed by atoms with van der Waals surface area (Å²) in [5, 5.41) is 7.17. The van der Waals surface area contributed by atoms with Crippen molar-refractivity contribution < 1.29 is 4.79 Å². The summed E-state index contributed by atoms with van der Waals surface area (Å²) in [6, 6.07) is 25.5. The number of halogens is 1. The minimum absolute atomic E-state index is 0.0373. The number of urea groups is 1. The van der Waals surface area contributed by atoms with E-state index in [0.717, 1.165) is 23.4 Å². The van der Waals surface area contributed by atoms with Crippen LogP contribution in [0, 0.1) is 0 Å². The second-order valence-electron chi connectivity index (χ2n) is 7.02. The van der Waals surface area contributed by atoms with Gasteiger partial charge in [0, 0.05) is 22.4 Å². The Kier molecular flexibility index (Phi) is 5.22. The van der Waals surface area contributed by atoms with Crippen molar-refractivity contribution in [2.75, 3.05) is 15.5 Å². The van der Waals surface area contributed by atoms with Crippen LogP contribution in [-0.2, 0) is 0 Å². The fraction of sp³-hybridized carbons (Fsp3) is 0.174. The fourth-order valence-corrected chi connectivity index (χ4v) is 3.93. The number of benzene rings is 3. The molecule has 2 unspecified atom stereocenters. The van der Waals surface area contributed by atoms with Gasteiger partial charge in [-0.3, -0.25) is 4.90 Å². The summed E-state index contributed by atoms with van der Waals surface area (Å²) in [6.07, 6.45) is 0.814. The number of nitrogens with zero attached hydrogens (tertiary/aromatic N) is 1. The van der Waals surface area contributed by atoms with Crippen LogP contribution in [0.15, 0.2) is 78.9 Å². The van der Waals surface area contributed by atoms with Crippen molar-refractivity contribution in [3.05, 3.63) is 89.4 Å². The summed E-state index contributed by atoms with van der Waals surface area (Å²) in [4.78, 5) is 14.9. The first kappa shape index (κ1) is 18.4. The molecule has 4 nitrogen and oxygen atoms in total. The first-order chi connectivity index (χ1) is 13.6. The van der Waals surface area contributed by atoms with Gasteiger partial charge in [0.05, 0.1) is 11.7 Å². The van der Waals surface area contributed by atoms with E-state index in [-0.39, 0.29) is 18.1 Å². The van der Waals surface area contributed by atoms with Crippen LogP contribution in [0.25, 0.3) is 0 Å². The Morgan fingerprint density at radius 1 is 0.964 bits per heavy atom. The largest absolute Gasteiger partial charge is 0.378 e. The predicted molar refractivity (Wildman–Crippen MR) is 116 cm³/mol. The Labute approximate surface area is 170 Å². The number of carbonyl (C=O) groups excluding carboxylic acids is 1. The van der Waals surface area contributed by atoms with Crippen LogP contribution in [-0.4, -0.2) is 12.1 Å². The minimum atomic E-state index is -0.152. The molecule has 5 heteroatoms. The summed E-state index contributed by atoms with van der Waals surface area (Å²) in [5.74, 6) is 0. The Morgan fingerprint density at radius 2 is 1.68 bits per heavy atom. The number of fused-ring (bicyclic) bond motifs is 1. The molecule has 142 valence electrons. The standard InChI is InChI=1S/C23H22ClN3O/c1-16-14-21(25-18-9-3-2-4-10-18)20-12-5-6-13-22(20)27(16)23(28)26-19-11-7-8-17(24)15-19/h2-13,15-16,21,25H,14H2,1H3,(H,26,28). The van der Waals surface area contributed by atoms with Crippen molar-refractivity contribution >= 4 is 34.7 Å². The smallest absolute Gasteiger partial charge is 0.326 e. The molecule has 2 N–H and O–H groups in total. The maximum absolute atomic E-state index is 13.1. The molecular weight excluding hydrogens is 370 g/mol. The fourth-order valence-electron chi connectivity index (χ4n) is 3.74. The van der Waals surface area contributed by atoms with Gasteiger partial charge in [-0.05, 0) is 55.3 Å². The molecule has 3 aromatic carbocycles. The maximum atomic E-state index is 13.1. The van der Waals surface area contributed by atoms with Crippen LogP contribution in [0.2, 0.25) is 5.02 Å². The van der Waals surface area contributed by atoms with Crippen LogP contribution in [0.3, 0.4) is 0 Å². The van der Waals surface area contributed by atoms with Gasteiger partial charge in [-0.25, -0.2) is 4.79 Å². The number of hydrogen-bond donors (Lipinski definition) is 2. The van der Waals surface area contributed by atoms with Crippen LogP contribution >= 0.6 is 11.6 Å². The molecular formula is C23H22ClN3O. The summed E-state index contributed by atoms with van der Waals surface area (Å²) < 4.78 is 0. The molecule has 0 bridgehead atoms. The van der Waals surface area contributed by atoms with E-state index in [4.69, 9.17) is 11.6 Å². The third kappa shape index (κ3) is 3.82. The Balaban J connectivity index is 1.61. The van der Waals surface area contributed by atoms with Crippen molar-refractivity contribution in [3.8, 4) is 0 Å². The Bertz CT molecular complexity index is 976. The first-order valence-corrected chi connectivity index (χ1v) is 9.76. The SMILES string of the molecule is CC1CC(Nc2ccccc2)c2ccccc2N1C(=O)Nc1cccc(Cl)c1. The monoisotopic (exact) mass is 391 g/mol. The van der Waals surface area contributed by atoms with Gasteiger partial charge in [-0.1, -0.05) is 54.1 Å². The van der Waals surface area contributed by atoms with E-state index < -0.39 is 0 Å². The lowest BCUT2D eigenvalue weighted by atomic mass is 9.91. The molecule has 28 heavy (non-hydrogen) atoms. The van der Waals surface area contributed by atoms with Crippen molar-refractivity contribution in [1.82, 2.24) is 0 Å². The lowest BCUT2D eigenvalue weighted by Crippen LogP contribution is -2.46. The number of anilines is 3. The highest BCUT2D eigenvalue weighted by atomic mass is 35.5. The average molecular weight is 392 g/mol. The lowest BCUT2D eigenvalue weighted by Gasteiger charge is -2.39. The van der Waals surface area contributed by atoms with Crippen LogP contribution in [0.1, 0.15) is 24.9 Å². The Morgan fingerprint density at radius 3 is 2.46 bits per heavy atom. The minimum Gasteiger partial charge on any atom is -0.378 e. The molecule has 0 fully saturated rings. The normalized spacial score (nSPS) is 18.3. The highest BCUT2D eigenvalue weighted by Gasteiger charge is 2.33. The predicted octanol–water partition coefficient (Wildman–Crippen LogP) is 6.32. The van der Waals surface area contributed by atoms with Crippen LogP contribution in [0.4, 0.5) is 21.9 Å². The maximum Gasteiger partial charge on any atom is 0.326 e. The zero-order valence-corrected chi connectivity index (χ0v) is 16.4. The van der Waals surface area contributed by atoms with E-state index in [1.165, 1.54) is 0 Å². The molecule has 4 rings (SSSR count). The third-order valence-corrected chi connectivity index (χ3v) is 5.23. The second-order valence-corrected chi connectivity index (χ2v) is 7.45. The van der Waals surface area contributed by atoms with Crippen molar-refractivity contribution in [2.45, 2.75) is 25.4 Å². The van der Waals surface area contributed by atoms with Crippen molar-refractivity contribution in [1.29, 1.82) is 0 Å². The van der Waals surface area contributed by atoms with Gasteiger partial charge in [-0.2, -0.15) is 0 Å². The highest BCUT2D eigenvalue weighted by Crippen LogP contribution is 2.39. The van der Waals surface area contributed by atoms with E-state index in [9.17, 15) is 4.79 Å². The molecule has 1 heterocycles. The summed E-state index contributed by atoms with van der Waals surface area (Å²) >= 11 is 6.05. The molecule has 3 aromatic rings. The van der Waals surface area contributed by atoms with E-state index in [2.05, 4.69) is 35.8 Å². The first-order valence-electron chi connectivity index (χ1n) is 9.38. The van der Waals surface area contributed by atoms with E-state index in [1.807, 2.05) is 53.4 Å². The molecule has 0 saturated carbocycles. The molecule has 2 atom stereocenters. The van der Waals surface area contributed by atoms with E-state index >= 15 is 0 Å². The van der Waals surface area contributed by atoms with Crippen molar-refractivity contribution in [2.24, 2.45) is 0 Å². The zero-order valence-electron chi connectivity index (χ0n) is 15.6. The highest BCUT2D eigenvalue weighted by molar-refractivity contribution is 6.30. The van der Waals surface area contributed by atoms with E-state index in [1.54, 1.807) is 12.1 Å². The average Bonchev–Trinajstić information content (AvgIpc) is 2.69. The number of amides is 2. The molecule has 2 amide bonds. The van der Waals surface area contributed by atoms with Gasteiger partial charge in [0.1, 0.15) is 0 Å². The number of nitrogens with one attached hydrogen (secondary N) is 2. The number of para-hydroxylation sites is 2.